The molecule has 0 aliphatic rings. The van der Waals surface area contributed by atoms with Gasteiger partial charge in [0.25, 0.3) is 0 Å². The highest BCUT2D eigenvalue weighted by atomic mass is 16.6. The molecule has 0 aliphatic heterocycles. The molecule has 0 bridgehead atoms. The number of carbonyl (C=O) groups is 2. The number of nitrogens with zero attached hydrogens (tertiary/aromatic N) is 1. The van der Waals surface area contributed by atoms with E-state index in [0.29, 0.717) is 6.42 Å². The van der Waals surface area contributed by atoms with Crippen LogP contribution in [0.1, 0.15) is 47.0 Å². The van der Waals surface area contributed by atoms with Crippen molar-refractivity contribution in [3.8, 4) is 0 Å². The van der Waals surface area contributed by atoms with Crippen LogP contribution in [0, 0.1) is 0 Å². The first-order chi connectivity index (χ1) is 7.69. The van der Waals surface area contributed by atoms with Crippen molar-refractivity contribution in [1.82, 2.24) is 4.90 Å². The van der Waals surface area contributed by atoms with E-state index in [0.717, 1.165) is 17.7 Å². The van der Waals surface area contributed by atoms with Crippen molar-refractivity contribution < 1.29 is 19.4 Å². The Hall–Kier alpha value is -1.26. The van der Waals surface area contributed by atoms with Gasteiger partial charge >= 0.3 is 6.09 Å². The molecule has 17 heavy (non-hydrogen) atoms. The molecule has 5 heteroatoms. The number of unbranched alkanes of at least 4 members (excludes halogenated alkanes) is 1. The number of carboxylic acids is 1. The zero-order chi connectivity index (χ0) is 13.6. The Labute approximate surface area is 103 Å². The van der Waals surface area contributed by atoms with Crippen molar-refractivity contribution in [3.05, 3.63) is 0 Å². The van der Waals surface area contributed by atoms with Crippen LogP contribution in [0.4, 0.5) is 4.79 Å². The highest BCUT2D eigenvalue weighted by molar-refractivity contribution is 5.78. The molecule has 0 fully saturated rings. The van der Waals surface area contributed by atoms with Gasteiger partial charge in [-0.25, -0.2) is 4.79 Å². The number of carbonyl (C=O) groups excluding carboxylic acids is 2. The molecular formula is C12H22NO4-. The van der Waals surface area contributed by atoms with E-state index in [4.69, 9.17) is 4.74 Å². The monoisotopic (exact) mass is 244 g/mol. The maximum atomic E-state index is 11.7. The fraction of sp³-hybridized carbons (Fsp3) is 0.833. The second-order valence-corrected chi connectivity index (χ2v) is 5.07. The second kappa shape index (κ2) is 6.47. The van der Waals surface area contributed by atoms with E-state index < -0.39 is 23.7 Å². The first-order valence-corrected chi connectivity index (χ1v) is 5.85. The molecule has 0 aromatic carbocycles. The SMILES string of the molecule is CCCC[C@@H](C(=O)[O-])N(C)C(=O)OC(C)(C)C. The van der Waals surface area contributed by atoms with Gasteiger partial charge in [0, 0.05) is 7.05 Å². The lowest BCUT2D eigenvalue weighted by atomic mass is 10.1. The van der Waals surface area contributed by atoms with E-state index in [-0.39, 0.29) is 0 Å². The zero-order valence-corrected chi connectivity index (χ0v) is 11.3. The van der Waals surface area contributed by atoms with E-state index in [2.05, 4.69) is 0 Å². The van der Waals surface area contributed by atoms with Gasteiger partial charge < -0.3 is 19.5 Å². The Morgan fingerprint density at radius 3 is 2.24 bits per heavy atom. The van der Waals surface area contributed by atoms with Gasteiger partial charge in [-0.05, 0) is 27.2 Å². The topological polar surface area (TPSA) is 69.7 Å². The fourth-order valence-corrected chi connectivity index (χ4v) is 1.33. The summed E-state index contributed by atoms with van der Waals surface area (Å²) in [6, 6.07) is -0.926. The van der Waals surface area contributed by atoms with Crippen LogP contribution in [-0.2, 0) is 9.53 Å². The number of carboxylic acid groups (broad SMARTS) is 1. The van der Waals surface area contributed by atoms with Gasteiger partial charge in [-0.1, -0.05) is 19.8 Å². The lowest BCUT2D eigenvalue weighted by Gasteiger charge is -2.31. The quantitative estimate of drug-likeness (QED) is 0.727. The van der Waals surface area contributed by atoms with Crippen LogP contribution in [0.15, 0.2) is 0 Å². The lowest BCUT2D eigenvalue weighted by Crippen LogP contribution is -2.50. The molecule has 0 unspecified atom stereocenters. The van der Waals surface area contributed by atoms with Gasteiger partial charge in [-0.2, -0.15) is 0 Å². The van der Waals surface area contributed by atoms with Crippen molar-refractivity contribution >= 4 is 12.1 Å². The Kier molecular flexibility index (Phi) is 5.99. The summed E-state index contributed by atoms with van der Waals surface area (Å²) in [4.78, 5) is 23.7. The lowest BCUT2D eigenvalue weighted by molar-refractivity contribution is -0.311. The molecule has 0 aromatic heterocycles. The predicted octanol–water partition coefficient (Wildman–Crippen LogP) is 1.16. The number of amides is 1. The van der Waals surface area contributed by atoms with Crippen molar-refractivity contribution in [2.45, 2.75) is 58.6 Å². The van der Waals surface area contributed by atoms with Crippen LogP contribution in [0.5, 0.6) is 0 Å². The fourth-order valence-electron chi connectivity index (χ4n) is 1.33. The number of hydrogen-bond donors (Lipinski definition) is 0. The minimum Gasteiger partial charge on any atom is -0.548 e. The molecule has 1 amide bonds. The van der Waals surface area contributed by atoms with E-state index >= 15 is 0 Å². The first kappa shape index (κ1) is 15.7. The molecule has 0 N–H and O–H groups in total. The van der Waals surface area contributed by atoms with Crippen LogP contribution < -0.4 is 5.11 Å². The highest BCUT2D eigenvalue weighted by Gasteiger charge is 2.25. The predicted molar refractivity (Wildman–Crippen MR) is 62.3 cm³/mol. The minimum absolute atomic E-state index is 0.384. The average Bonchev–Trinajstić information content (AvgIpc) is 2.14. The third-order valence-corrected chi connectivity index (χ3v) is 2.25. The van der Waals surface area contributed by atoms with E-state index in [1.165, 1.54) is 7.05 Å². The van der Waals surface area contributed by atoms with Gasteiger partial charge in [0.1, 0.15) is 5.60 Å². The van der Waals surface area contributed by atoms with Crippen molar-refractivity contribution in [1.29, 1.82) is 0 Å². The summed E-state index contributed by atoms with van der Waals surface area (Å²) in [5.41, 5.74) is -0.632. The van der Waals surface area contributed by atoms with Crippen LogP contribution >= 0.6 is 0 Å². The number of likely N-dealkylation sites (N-methyl/N-ethyl adjacent to an activating group) is 1. The first-order valence-electron chi connectivity index (χ1n) is 5.85. The molecular weight excluding hydrogens is 222 g/mol. The second-order valence-electron chi connectivity index (χ2n) is 5.07. The number of aliphatic carboxylic acids is 1. The van der Waals surface area contributed by atoms with Crippen LogP contribution in [0.2, 0.25) is 0 Å². The highest BCUT2D eigenvalue weighted by Crippen LogP contribution is 2.13. The third-order valence-electron chi connectivity index (χ3n) is 2.25. The van der Waals surface area contributed by atoms with Crippen LogP contribution in [0.25, 0.3) is 0 Å². The average molecular weight is 244 g/mol. The van der Waals surface area contributed by atoms with Gasteiger partial charge in [0.05, 0.1) is 12.0 Å². The maximum Gasteiger partial charge on any atom is 0.410 e. The summed E-state index contributed by atoms with van der Waals surface area (Å²) in [6.07, 6.45) is 1.34. The van der Waals surface area contributed by atoms with Crippen LogP contribution in [-0.4, -0.2) is 35.7 Å². The summed E-state index contributed by atoms with van der Waals surface area (Å²) in [7, 11) is 1.42. The summed E-state index contributed by atoms with van der Waals surface area (Å²) < 4.78 is 5.11. The standard InChI is InChI=1S/C12H23NO4/c1-6-7-8-9(10(14)15)13(5)11(16)17-12(2,3)4/h9H,6-8H2,1-5H3,(H,14,15)/p-1/t9-/m0/s1. The number of hydrogen-bond acceptors (Lipinski definition) is 4. The Balaban J connectivity index is 4.55. The Morgan fingerprint density at radius 1 is 1.35 bits per heavy atom. The molecule has 1 atom stereocenters. The zero-order valence-electron chi connectivity index (χ0n) is 11.3. The molecule has 0 aromatic rings. The van der Waals surface area contributed by atoms with Gasteiger partial charge in [0.15, 0.2) is 0 Å². The van der Waals surface area contributed by atoms with Crippen molar-refractivity contribution in [3.63, 3.8) is 0 Å². The normalized spacial score (nSPS) is 13.0. The molecule has 0 saturated carbocycles. The summed E-state index contributed by atoms with van der Waals surface area (Å²) in [5.74, 6) is -1.24. The van der Waals surface area contributed by atoms with Gasteiger partial charge in [0.2, 0.25) is 0 Å². The van der Waals surface area contributed by atoms with Crippen LogP contribution in [0.3, 0.4) is 0 Å². The van der Waals surface area contributed by atoms with E-state index in [9.17, 15) is 14.7 Å². The van der Waals surface area contributed by atoms with Gasteiger partial charge in [-0.15, -0.1) is 0 Å². The molecule has 0 aliphatic carbocycles. The molecule has 0 radical (unpaired) electrons. The Bertz CT molecular complexity index is 270. The summed E-state index contributed by atoms with van der Waals surface area (Å²) in [5, 5.41) is 11.0. The molecule has 0 saturated heterocycles. The van der Waals surface area contributed by atoms with Gasteiger partial charge in [-0.3, -0.25) is 0 Å². The molecule has 100 valence electrons. The maximum absolute atomic E-state index is 11.7. The van der Waals surface area contributed by atoms with Crippen molar-refractivity contribution in [2.75, 3.05) is 7.05 Å². The largest absolute Gasteiger partial charge is 0.548 e. The molecule has 0 spiro atoms. The third kappa shape index (κ3) is 6.14. The minimum atomic E-state index is -1.24. The van der Waals surface area contributed by atoms with Crippen molar-refractivity contribution in [2.24, 2.45) is 0 Å². The van der Waals surface area contributed by atoms with E-state index in [1.54, 1.807) is 20.8 Å². The molecule has 0 heterocycles. The Morgan fingerprint density at radius 2 is 1.88 bits per heavy atom. The molecule has 5 nitrogen and oxygen atoms in total. The number of ether oxygens (including phenoxy) is 1. The smallest absolute Gasteiger partial charge is 0.410 e. The molecule has 0 rings (SSSR count). The number of rotatable bonds is 5. The summed E-state index contributed by atoms with van der Waals surface area (Å²) in [6.45, 7) is 7.16. The van der Waals surface area contributed by atoms with E-state index in [1.807, 2.05) is 6.92 Å². The summed E-state index contributed by atoms with van der Waals surface area (Å²) >= 11 is 0.